The molecule has 0 atom stereocenters. The molecule has 3 rings (SSSR count). The Morgan fingerprint density at radius 3 is 2.63 bits per heavy atom. The molecule has 7 nitrogen and oxygen atoms in total. The van der Waals surface area contributed by atoms with Crippen LogP contribution in [0.3, 0.4) is 0 Å². The molecular weight excluding hydrogens is 386 g/mol. The number of hydrogen-bond acceptors (Lipinski definition) is 5. The quantitative estimate of drug-likeness (QED) is 0.744. The normalized spacial score (nSPS) is 15.4. The Balaban J connectivity index is 1.72. The summed E-state index contributed by atoms with van der Waals surface area (Å²) in [5.74, 6) is 0.0371. The minimum atomic E-state index is -3.67. The van der Waals surface area contributed by atoms with Crippen molar-refractivity contribution in [2.24, 2.45) is 0 Å². The molecular formula is C18H23N3O4S2. The van der Waals surface area contributed by atoms with Gasteiger partial charge < -0.3 is 0 Å². The monoisotopic (exact) mass is 409 g/mol. The Labute approximate surface area is 160 Å². The van der Waals surface area contributed by atoms with E-state index in [4.69, 9.17) is 0 Å². The van der Waals surface area contributed by atoms with Gasteiger partial charge in [-0.05, 0) is 48.7 Å². The highest BCUT2D eigenvalue weighted by Crippen LogP contribution is 2.24. The molecule has 1 aromatic heterocycles. The molecule has 9 heteroatoms. The second-order valence-corrected chi connectivity index (χ2v) is 10.4. The van der Waals surface area contributed by atoms with Gasteiger partial charge in [0.25, 0.3) is 0 Å². The number of nitrogens with zero attached hydrogens (tertiary/aromatic N) is 2. The van der Waals surface area contributed by atoms with Crippen LogP contribution in [0.4, 0.5) is 0 Å². The van der Waals surface area contributed by atoms with Gasteiger partial charge in [0.05, 0.1) is 10.6 Å². The molecule has 0 saturated carbocycles. The van der Waals surface area contributed by atoms with Gasteiger partial charge in [0.15, 0.2) is 0 Å². The fraction of sp³-hybridized carbons (Fsp3) is 0.389. The number of rotatable bonds is 7. The van der Waals surface area contributed by atoms with E-state index in [9.17, 15) is 16.8 Å². The van der Waals surface area contributed by atoms with Crippen molar-refractivity contribution in [2.45, 2.75) is 31.2 Å². The molecule has 2 heterocycles. The summed E-state index contributed by atoms with van der Waals surface area (Å²) in [6, 6.07) is 10.4. The van der Waals surface area contributed by atoms with Crippen molar-refractivity contribution < 1.29 is 16.8 Å². The van der Waals surface area contributed by atoms with Crippen LogP contribution in [-0.2, 0) is 39.4 Å². The Morgan fingerprint density at radius 1 is 1.11 bits per heavy atom. The Kier molecular flexibility index (Phi) is 5.95. The van der Waals surface area contributed by atoms with E-state index < -0.39 is 20.0 Å². The molecule has 146 valence electrons. The highest BCUT2D eigenvalue weighted by atomic mass is 32.2. The molecule has 1 N–H and O–H groups in total. The molecule has 0 bridgehead atoms. The van der Waals surface area contributed by atoms with Crippen LogP contribution in [0.1, 0.15) is 23.7 Å². The van der Waals surface area contributed by atoms with Gasteiger partial charge >= 0.3 is 0 Å². The van der Waals surface area contributed by atoms with Crippen molar-refractivity contribution in [3.05, 3.63) is 59.4 Å². The molecule has 2 aromatic rings. The summed E-state index contributed by atoms with van der Waals surface area (Å²) in [6.07, 6.45) is 2.75. The lowest BCUT2D eigenvalue weighted by Gasteiger charge is -2.28. The number of nitrogens with one attached hydrogen (secondary N) is 1. The van der Waals surface area contributed by atoms with Crippen LogP contribution in [-0.4, -0.2) is 45.0 Å². The minimum absolute atomic E-state index is 0.0371. The first kappa shape index (κ1) is 19.9. The number of benzene rings is 1. The summed E-state index contributed by atoms with van der Waals surface area (Å²) in [5, 5.41) is 0. The summed E-state index contributed by atoms with van der Waals surface area (Å²) in [4.78, 5) is 4.32. The molecule has 1 aliphatic rings. The molecule has 0 aliphatic carbocycles. The summed E-state index contributed by atoms with van der Waals surface area (Å²) < 4.78 is 53.4. The fourth-order valence-electron chi connectivity index (χ4n) is 3.04. The summed E-state index contributed by atoms with van der Waals surface area (Å²) >= 11 is 0. The van der Waals surface area contributed by atoms with Crippen molar-refractivity contribution in [1.29, 1.82) is 0 Å². The van der Waals surface area contributed by atoms with Crippen LogP contribution in [0.5, 0.6) is 0 Å². The lowest BCUT2D eigenvalue weighted by atomic mass is 10.0. The smallest absolute Gasteiger partial charge is 0.240 e. The van der Waals surface area contributed by atoms with Gasteiger partial charge in [-0.25, -0.2) is 21.6 Å². The Bertz CT molecular complexity index is 1010. The van der Waals surface area contributed by atoms with E-state index in [1.54, 1.807) is 31.3 Å². The number of fused-ring (bicyclic) bond motifs is 1. The SMILES string of the molecule is CCS(=O)(=O)N1CCc2ccc(S(=O)(=O)NCCc3ccccn3)cc2C1. The van der Waals surface area contributed by atoms with Crippen LogP contribution in [0, 0.1) is 0 Å². The van der Waals surface area contributed by atoms with E-state index >= 15 is 0 Å². The number of aromatic nitrogens is 1. The van der Waals surface area contributed by atoms with Crippen molar-refractivity contribution in [3.8, 4) is 0 Å². The predicted octanol–water partition coefficient (Wildman–Crippen LogP) is 1.31. The van der Waals surface area contributed by atoms with E-state index in [2.05, 4.69) is 9.71 Å². The topological polar surface area (TPSA) is 96.4 Å². The van der Waals surface area contributed by atoms with Crippen LogP contribution in [0.25, 0.3) is 0 Å². The third kappa shape index (κ3) is 4.73. The molecule has 27 heavy (non-hydrogen) atoms. The molecule has 0 saturated heterocycles. The predicted molar refractivity (Wildman–Crippen MR) is 103 cm³/mol. The largest absolute Gasteiger partial charge is 0.261 e. The van der Waals surface area contributed by atoms with Gasteiger partial charge in [0, 0.05) is 37.9 Å². The third-order valence-corrected chi connectivity index (χ3v) is 7.91. The van der Waals surface area contributed by atoms with Gasteiger partial charge in [-0.1, -0.05) is 12.1 Å². The molecule has 0 radical (unpaired) electrons. The van der Waals surface area contributed by atoms with Crippen LogP contribution >= 0.6 is 0 Å². The molecule has 0 amide bonds. The maximum atomic E-state index is 12.6. The van der Waals surface area contributed by atoms with Gasteiger partial charge in [0.1, 0.15) is 0 Å². The van der Waals surface area contributed by atoms with Gasteiger partial charge in [-0.3, -0.25) is 4.98 Å². The average molecular weight is 410 g/mol. The highest BCUT2D eigenvalue weighted by molar-refractivity contribution is 7.89. The highest BCUT2D eigenvalue weighted by Gasteiger charge is 2.26. The van der Waals surface area contributed by atoms with E-state index in [1.807, 2.05) is 18.2 Å². The number of hydrogen-bond donors (Lipinski definition) is 1. The van der Waals surface area contributed by atoms with E-state index in [-0.39, 0.29) is 23.7 Å². The van der Waals surface area contributed by atoms with E-state index in [0.29, 0.717) is 19.4 Å². The Morgan fingerprint density at radius 2 is 1.93 bits per heavy atom. The van der Waals surface area contributed by atoms with Crippen molar-refractivity contribution in [1.82, 2.24) is 14.0 Å². The first-order valence-electron chi connectivity index (χ1n) is 8.81. The van der Waals surface area contributed by atoms with Crippen molar-refractivity contribution >= 4 is 20.0 Å². The summed E-state index contributed by atoms with van der Waals surface area (Å²) in [5.41, 5.74) is 2.54. The van der Waals surface area contributed by atoms with E-state index in [0.717, 1.165) is 16.8 Å². The lowest BCUT2D eigenvalue weighted by molar-refractivity contribution is 0.391. The molecule has 1 aromatic carbocycles. The molecule has 1 aliphatic heterocycles. The zero-order chi connectivity index (χ0) is 19.5. The first-order valence-corrected chi connectivity index (χ1v) is 11.9. The van der Waals surface area contributed by atoms with Crippen LogP contribution in [0.15, 0.2) is 47.5 Å². The minimum Gasteiger partial charge on any atom is -0.261 e. The maximum absolute atomic E-state index is 12.6. The third-order valence-electron chi connectivity index (χ3n) is 4.62. The molecule has 0 spiro atoms. The van der Waals surface area contributed by atoms with E-state index in [1.165, 1.54) is 4.31 Å². The van der Waals surface area contributed by atoms with Gasteiger partial charge in [0.2, 0.25) is 20.0 Å². The molecule has 0 fully saturated rings. The Hall–Kier alpha value is -1.81. The first-order chi connectivity index (χ1) is 12.8. The maximum Gasteiger partial charge on any atom is 0.240 e. The van der Waals surface area contributed by atoms with Crippen LogP contribution in [0.2, 0.25) is 0 Å². The van der Waals surface area contributed by atoms with Gasteiger partial charge in [-0.15, -0.1) is 0 Å². The lowest BCUT2D eigenvalue weighted by Crippen LogP contribution is -2.37. The standard InChI is InChI=1S/C18H23N3O4S2/c1-2-26(22,23)21-12-9-15-6-7-18(13-16(15)14-21)27(24,25)20-11-8-17-5-3-4-10-19-17/h3-7,10,13,20H,2,8-9,11-12,14H2,1H3. The summed E-state index contributed by atoms with van der Waals surface area (Å²) in [6.45, 7) is 2.49. The fourth-order valence-corrected chi connectivity index (χ4v) is 5.19. The van der Waals surface area contributed by atoms with Crippen LogP contribution < -0.4 is 4.72 Å². The van der Waals surface area contributed by atoms with Crippen molar-refractivity contribution in [3.63, 3.8) is 0 Å². The van der Waals surface area contributed by atoms with Gasteiger partial charge in [-0.2, -0.15) is 4.31 Å². The summed E-state index contributed by atoms with van der Waals surface area (Å²) in [7, 11) is -6.96. The number of pyridine rings is 1. The molecule has 0 unspecified atom stereocenters. The zero-order valence-corrected chi connectivity index (χ0v) is 16.8. The zero-order valence-electron chi connectivity index (χ0n) is 15.1. The van der Waals surface area contributed by atoms with Crippen molar-refractivity contribution in [2.75, 3.05) is 18.8 Å². The number of sulfonamides is 2. The average Bonchev–Trinajstić information content (AvgIpc) is 2.67. The second kappa shape index (κ2) is 8.05. The second-order valence-electron chi connectivity index (χ2n) is 6.38.